The minimum atomic E-state index is 0.427. The fourth-order valence-electron chi connectivity index (χ4n) is 3.98. The zero-order valence-corrected chi connectivity index (χ0v) is 27.1. The number of guanidine groups is 1. The zero-order valence-electron chi connectivity index (χ0n) is 27.1. The van der Waals surface area contributed by atoms with Crippen molar-refractivity contribution in [1.29, 1.82) is 0 Å². The molecular formula is C37H51N5. The number of allylic oxidation sites excluding steroid dienone is 3. The number of aromatic nitrogens is 1. The van der Waals surface area contributed by atoms with Crippen molar-refractivity contribution in [3.05, 3.63) is 134 Å². The van der Waals surface area contributed by atoms with Crippen molar-refractivity contribution in [1.82, 2.24) is 10.3 Å². The average Bonchev–Trinajstić information content (AvgIpc) is 3.03. The maximum atomic E-state index is 6.22. The molecule has 2 heterocycles. The standard InChI is InChI=1S/C23H22N4.C8H15N.C2H6.2C2H4/c1-4-21-15(2)12-18(14-25-21)17-10-11-22-20(13-17)16(3)27(23(24)26-22)19-8-6-5-7-9-19;1-6(2)7(3)8(4)9-5;3*1-2/h5-14H,3-4H2,1-2H3,(H2,24,26);9H,1H2,2-5H3;1-2H3;2*1-2H2/b;8-7-;;;. The van der Waals surface area contributed by atoms with Crippen LogP contribution in [0.1, 0.15) is 58.4 Å². The van der Waals surface area contributed by atoms with Crippen molar-refractivity contribution >= 4 is 23.0 Å². The van der Waals surface area contributed by atoms with Gasteiger partial charge in [-0.05, 0) is 81.1 Å². The summed E-state index contributed by atoms with van der Waals surface area (Å²) >= 11 is 0. The number of nitrogens with two attached hydrogens (primary N) is 1. The predicted octanol–water partition coefficient (Wildman–Crippen LogP) is 9.76. The van der Waals surface area contributed by atoms with Gasteiger partial charge in [0.25, 0.3) is 0 Å². The van der Waals surface area contributed by atoms with Crippen LogP contribution in [0.25, 0.3) is 16.8 Å². The van der Waals surface area contributed by atoms with Gasteiger partial charge in [0.05, 0.1) is 11.4 Å². The molecule has 0 aliphatic carbocycles. The second kappa shape index (κ2) is 19.4. The van der Waals surface area contributed by atoms with Crippen LogP contribution in [0, 0.1) is 6.92 Å². The van der Waals surface area contributed by atoms with E-state index in [1.54, 1.807) is 0 Å². The summed E-state index contributed by atoms with van der Waals surface area (Å²) in [7, 11) is 1.92. The van der Waals surface area contributed by atoms with Crippen molar-refractivity contribution in [2.75, 3.05) is 11.9 Å². The highest BCUT2D eigenvalue weighted by molar-refractivity contribution is 6.11. The molecule has 0 saturated heterocycles. The van der Waals surface area contributed by atoms with E-state index in [0.29, 0.717) is 5.96 Å². The largest absolute Gasteiger partial charge is 0.391 e. The number of para-hydroxylation sites is 1. The summed E-state index contributed by atoms with van der Waals surface area (Å²) in [6, 6.07) is 18.3. The summed E-state index contributed by atoms with van der Waals surface area (Å²) < 4.78 is 0. The van der Waals surface area contributed by atoms with Crippen LogP contribution in [0.4, 0.5) is 11.4 Å². The average molecular weight is 566 g/mol. The predicted molar refractivity (Wildman–Crippen MR) is 189 cm³/mol. The van der Waals surface area contributed by atoms with Gasteiger partial charge in [-0.2, -0.15) is 0 Å². The Morgan fingerprint density at radius 2 is 1.52 bits per heavy atom. The van der Waals surface area contributed by atoms with Crippen LogP contribution in [0.2, 0.25) is 0 Å². The Hall–Kier alpha value is -4.64. The van der Waals surface area contributed by atoms with Gasteiger partial charge in [0, 0.05) is 41.4 Å². The van der Waals surface area contributed by atoms with Crippen LogP contribution < -0.4 is 16.0 Å². The molecule has 1 aliphatic heterocycles. The van der Waals surface area contributed by atoms with E-state index >= 15 is 0 Å². The fourth-order valence-corrected chi connectivity index (χ4v) is 3.98. The summed E-state index contributed by atoms with van der Waals surface area (Å²) in [5, 5.41) is 3.06. The normalized spacial score (nSPS) is 11.6. The number of anilines is 1. The second-order valence-electron chi connectivity index (χ2n) is 8.94. The van der Waals surface area contributed by atoms with E-state index < -0.39 is 0 Å². The summed E-state index contributed by atoms with van der Waals surface area (Å²) in [4.78, 5) is 11.1. The highest BCUT2D eigenvalue weighted by Gasteiger charge is 2.23. The van der Waals surface area contributed by atoms with E-state index in [9.17, 15) is 0 Å². The summed E-state index contributed by atoms with van der Waals surface area (Å²) in [6.45, 7) is 34.5. The quantitative estimate of drug-likeness (QED) is 0.239. The molecule has 2 aromatic carbocycles. The van der Waals surface area contributed by atoms with Crippen LogP contribution in [0.5, 0.6) is 0 Å². The van der Waals surface area contributed by atoms with Gasteiger partial charge in [0.1, 0.15) is 0 Å². The van der Waals surface area contributed by atoms with E-state index in [1.165, 1.54) is 16.8 Å². The van der Waals surface area contributed by atoms with Crippen LogP contribution in [0.3, 0.4) is 0 Å². The summed E-state index contributed by atoms with van der Waals surface area (Å²) in [6.07, 6.45) is 2.87. The number of aryl methyl sites for hydroxylation is 2. The number of pyridine rings is 1. The third-order valence-electron chi connectivity index (χ3n) is 6.49. The molecule has 5 heteroatoms. The number of aliphatic imine (C=N–C) groups is 1. The first-order chi connectivity index (χ1) is 20.2. The number of fused-ring (bicyclic) bond motifs is 1. The number of rotatable bonds is 5. The second-order valence-corrected chi connectivity index (χ2v) is 8.94. The first kappa shape index (κ1) is 37.4. The molecule has 0 unspecified atom stereocenters. The third kappa shape index (κ3) is 9.77. The molecule has 3 aromatic rings. The fraction of sp³-hybridized carbons (Fsp3) is 0.243. The number of nitrogens with one attached hydrogen (secondary N) is 1. The molecule has 42 heavy (non-hydrogen) atoms. The molecule has 3 N–H and O–H groups in total. The van der Waals surface area contributed by atoms with Crippen molar-refractivity contribution in [2.45, 2.75) is 54.9 Å². The molecule has 0 fully saturated rings. The minimum absolute atomic E-state index is 0.427. The minimum Gasteiger partial charge on any atom is -0.391 e. The molecule has 0 bridgehead atoms. The van der Waals surface area contributed by atoms with Crippen molar-refractivity contribution in [2.24, 2.45) is 10.7 Å². The first-order valence-corrected chi connectivity index (χ1v) is 14.2. The van der Waals surface area contributed by atoms with E-state index in [1.807, 2.05) is 82.2 Å². The number of benzene rings is 2. The lowest BCUT2D eigenvalue weighted by atomic mass is 9.98. The van der Waals surface area contributed by atoms with Gasteiger partial charge in [-0.25, -0.2) is 4.99 Å². The van der Waals surface area contributed by atoms with Crippen LogP contribution in [0.15, 0.2) is 122 Å². The lowest BCUT2D eigenvalue weighted by Crippen LogP contribution is -2.37. The van der Waals surface area contributed by atoms with Gasteiger partial charge in [-0.15, -0.1) is 26.3 Å². The maximum Gasteiger partial charge on any atom is 0.205 e. The molecule has 4 rings (SSSR count). The molecule has 1 aromatic heterocycles. The molecule has 0 atom stereocenters. The van der Waals surface area contributed by atoms with E-state index in [-0.39, 0.29) is 0 Å². The van der Waals surface area contributed by atoms with E-state index in [4.69, 9.17) is 5.73 Å². The van der Waals surface area contributed by atoms with Crippen molar-refractivity contribution < 1.29 is 0 Å². The highest BCUT2D eigenvalue weighted by atomic mass is 15.3. The van der Waals surface area contributed by atoms with Crippen LogP contribution in [-0.2, 0) is 6.42 Å². The molecule has 0 radical (unpaired) electrons. The molecule has 1 aliphatic rings. The van der Waals surface area contributed by atoms with Crippen molar-refractivity contribution in [3.8, 4) is 11.1 Å². The van der Waals surface area contributed by atoms with E-state index in [2.05, 4.69) is 93.7 Å². The topological polar surface area (TPSA) is 66.5 Å². The Bertz CT molecular complexity index is 1360. The number of hydrogen-bond donors (Lipinski definition) is 2. The Labute approximate surface area is 255 Å². The molecule has 5 nitrogen and oxygen atoms in total. The summed E-state index contributed by atoms with van der Waals surface area (Å²) in [5.74, 6) is 0.427. The number of hydrogen-bond acceptors (Lipinski definition) is 5. The Balaban J connectivity index is 0.000000950. The Morgan fingerprint density at radius 1 is 0.929 bits per heavy atom. The molecular weight excluding hydrogens is 514 g/mol. The lowest BCUT2D eigenvalue weighted by Gasteiger charge is -2.30. The van der Waals surface area contributed by atoms with Crippen molar-refractivity contribution in [3.63, 3.8) is 0 Å². The molecule has 0 amide bonds. The van der Waals surface area contributed by atoms with Gasteiger partial charge in [0.15, 0.2) is 0 Å². The SMILES string of the molecule is C=C.C=C.C=C(C)/C(C)=C(/C)NC.C=C1c2cc(-c3cnc(CC)c(C)c3)ccc2N=C(N)N1c1ccccc1.CC. The molecule has 224 valence electrons. The maximum absolute atomic E-state index is 6.22. The molecule has 0 spiro atoms. The van der Waals surface area contributed by atoms with Gasteiger partial charge in [-0.3, -0.25) is 9.88 Å². The monoisotopic (exact) mass is 565 g/mol. The van der Waals surface area contributed by atoms with E-state index in [0.717, 1.165) is 51.5 Å². The third-order valence-corrected chi connectivity index (χ3v) is 6.49. The van der Waals surface area contributed by atoms with Crippen LogP contribution >= 0.6 is 0 Å². The van der Waals surface area contributed by atoms with Crippen LogP contribution in [-0.4, -0.2) is 18.0 Å². The molecule has 0 saturated carbocycles. The Morgan fingerprint density at radius 3 is 2.00 bits per heavy atom. The number of nitrogens with zero attached hydrogens (tertiary/aromatic N) is 3. The lowest BCUT2D eigenvalue weighted by molar-refractivity contribution is 0.961. The van der Waals surface area contributed by atoms with Gasteiger partial charge < -0.3 is 11.1 Å². The summed E-state index contributed by atoms with van der Waals surface area (Å²) in [5.41, 5.74) is 17.9. The van der Waals surface area contributed by atoms with Gasteiger partial charge in [0.2, 0.25) is 5.96 Å². The van der Waals surface area contributed by atoms with Gasteiger partial charge >= 0.3 is 0 Å². The Kier molecular flexibility index (Phi) is 17.3. The first-order valence-electron chi connectivity index (χ1n) is 14.2. The smallest absolute Gasteiger partial charge is 0.205 e. The zero-order chi connectivity index (χ0) is 32.4. The van der Waals surface area contributed by atoms with Gasteiger partial charge in [-0.1, -0.05) is 63.8 Å². The highest BCUT2D eigenvalue weighted by Crippen LogP contribution is 2.37.